The molecule has 4 nitrogen and oxygen atoms in total. The van der Waals surface area contributed by atoms with Crippen LogP contribution in [0, 0.1) is 5.92 Å². The van der Waals surface area contributed by atoms with Crippen LogP contribution >= 0.6 is 0 Å². The molecule has 0 spiro atoms. The first-order chi connectivity index (χ1) is 12.2. The number of amides is 1. The fourth-order valence-corrected chi connectivity index (χ4v) is 3.98. The zero-order valence-corrected chi connectivity index (χ0v) is 15.6. The number of piperidine rings is 1. The Hall–Kier alpha value is -1.39. The van der Waals surface area contributed by atoms with Crippen LogP contribution in [0.25, 0.3) is 0 Å². The van der Waals surface area contributed by atoms with E-state index in [-0.39, 0.29) is 12.5 Å². The van der Waals surface area contributed by atoms with Gasteiger partial charge in [0.05, 0.1) is 0 Å². The zero-order valence-electron chi connectivity index (χ0n) is 15.6. The Labute approximate surface area is 152 Å². The van der Waals surface area contributed by atoms with Crippen molar-refractivity contribution in [2.75, 3.05) is 39.4 Å². The molecule has 2 heterocycles. The molecule has 2 saturated heterocycles. The van der Waals surface area contributed by atoms with Crippen LogP contribution in [-0.2, 0) is 22.5 Å². The molecule has 2 fully saturated rings. The maximum Gasteiger partial charge on any atom is 0.248 e. The average molecular weight is 344 g/mol. The number of rotatable bonds is 7. The summed E-state index contributed by atoms with van der Waals surface area (Å²) in [7, 11) is 0. The summed E-state index contributed by atoms with van der Waals surface area (Å²) < 4.78 is 5.23. The van der Waals surface area contributed by atoms with E-state index < -0.39 is 0 Å². The van der Waals surface area contributed by atoms with E-state index in [1.54, 1.807) is 0 Å². The molecule has 0 atom stereocenters. The van der Waals surface area contributed by atoms with Gasteiger partial charge in [-0.05, 0) is 69.2 Å². The smallest absolute Gasteiger partial charge is 0.248 e. The number of carbonyl (C=O) groups excluding carboxylic acids is 1. The number of benzene rings is 1. The fraction of sp³-hybridized carbons (Fsp3) is 0.667. The second-order valence-corrected chi connectivity index (χ2v) is 7.47. The SMILES string of the molecule is CCOCC(=O)N1CCC(Cc2ccc(CN3CCCC3)cc2)CC1. The summed E-state index contributed by atoms with van der Waals surface area (Å²) in [6.07, 6.45) is 6.05. The maximum absolute atomic E-state index is 12.0. The van der Waals surface area contributed by atoms with Crippen molar-refractivity contribution in [1.82, 2.24) is 9.80 Å². The van der Waals surface area contributed by atoms with Crippen LogP contribution < -0.4 is 0 Å². The molecule has 3 rings (SSSR count). The largest absolute Gasteiger partial charge is 0.372 e. The molecule has 0 aromatic heterocycles. The van der Waals surface area contributed by atoms with Crippen molar-refractivity contribution < 1.29 is 9.53 Å². The van der Waals surface area contributed by atoms with Crippen LogP contribution in [0.2, 0.25) is 0 Å². The molecule has 0 unspecified atom stereocenters. The molecule has 138 valence electrons. The van der Waals surface area contributed by atoms with E-state index in [4.69, 9.17) is 4.74 Å². The van der Waals surface area contributed by atoms with Gasteiger partial charge in [0.1, 0.15) is 6.61 Å². The van der Waals surface area contributed by atoms with Gasteiger partial charge in [0.15, 0.2) is 0 Å². The minimum Gasteiger partial charge on any atom is -0.372 e. The second-order valence-electron chi connectivity index (χ2n) is 7.47. The van der Waals surface area contributed by atoms with Gasteiger partial charge in [0.25, 0.3) is 0 Å². The van der Waals surface area contributed by atoms with E-state index in [0.29, 0.717) is 12.5 Å². The molecule has 0 radical (unpaired) electrons. The summed E-state index contributed by atoms with van der Waals surface area (Å²) in [6, 6.07) is 9.21. The highest BCUT2D eigenvalue weighted by atomic mass is 16.5. The lowest BCUT2D eigenvalue weighted by Crippen LogP contribution is -2.40. The summed E-state index contributed by atoms with van der Waals surface area (Å²) in [6.45, 7) is 8.13. The van der Waals surface area contributed by atoms with Crippen LogP contribution in [0.4, 0.5) is 0 Å². The standard InChI is InChI=1S/C21H32N2O2/c1-2-25-17-21(24)23-13-9-19(10-14-23)15-18-5-7-20(8-6-18)16-22-11-3-4-12-22/h5-8,19H,2-4,9-17H2,1H3. The van der Waals surface area contributed by atoms with Crippen LogP contribution in [0.5, 0.6) is 0 Å². The van der Waals surface area contributed by atoms with Crippen molar-refractivity contribution in [1.29, 1.82) is 0 Å². The van der Waals surface area contributed by atoms with Gasteiger partial charge in [-0.2, -0.15) is 0 Å². The topological polar surface area (TPSA) is 32.8 Å². The number of likely N-dealkylation sites (tertiary alicyclic amines) is 2. The molecule has 0 aliphatic carbocycles. The monoisotopic (exact) mass is 344 g/mol. The minimum atomic E-state index is 0.145. The number of ether oxygens (including phenoxy) is 1. The Balaban J connectivity index is 1.41. The summed E-state index contributed by atoms with van der Waals surface area (Å²) in [5.74, 6) is 0.840. The van der Waals surface area contributed by atoms with Crippen LogP contribution in [0.15, 0.2) is 24.3 Å². The Bertz CT molecular complexity index is 529. The van der Waals surface area contributed by atoms with Crippen LogP contribution in [0.1, 0.15) is 43.7 Å². The zero-order chi connectivity index (χ0) is 17.5. The third kappa shape index (κ3) is 5.55. The first-order valence-corrected chi connectivity index (χ1v) is 9.90. The molecule has 2 aliphatic rings. The maximum atomic E-state index is 12.0. The third-order valence-corrected chi connectivity index (χ3v) is 5.55. The highest BCUT2D eigenvalue weighted by molar-refractivity contribution is 5.77. The summed E-state index contributed by atoms with van der Waals surface area (Å²) in [5, 5.41) is 0. The van der Waals surface area contributed by atoms with E-state index in [2.05, 4.69) is 29.2 Å². The number of nitrogens with zero attached hydrogens (tertiary/aromatic N) is 2. The van der Waals surface area contributed by atoms with Gasteiger partial charge >= 0.3 is 0 Å². The van der Waals surface area contributed by atoms with Gasteiger partial charge in [-0.15, -0.1) is 0 Å². The lowest BCUT2D eigenvalue weighted by Gasteiger charge is -2.32. The molecular weight excluding hydrogens is 312 g/mol. The first-order valence-electron chi connectivity index (χ1n) is 9.90. The Morgan fingerprint density at radius 1 is 1.04 bits per heavy atom. The summed E-state index contributed by atoms with van der Waals surface area (Å²) >= 11 is 0. The lowest BCUT2D eigenvalue weighted by atomic mass is 9.90. The molecule has 25 heavy (non-hydrogen) atoms. The molecular formula is C21H32N2O2. The van der Waals surface area contributed by atoms with Crippen molar-refractivity contribution in [3.63, 3.8) is 0 Å². The van der Waals surface area contributed by atoms with Gasteiger partial charge in [-0.25, -0.2) is 0 Å². The molecule has 0 saturated carbocycles. The summed E-state index contributed by atoms with van der Waals surface area (Å²) in [4.78, 5) is 16.5. The normalized spacial score (nSPS) is 19.5. The minimum absolute atomic E-state index is 0.145. The second kappa shape index (κ2) is 9.35. The molecule has 1 aromatic carbocycles. The van der Waals surface area contributed by atoms with Crippen molar-refractivity contribution in [2.24, 2.45) is 5.92 Å². The highest BCUT2D eigenvalue weighted by Gasteiger charge is 2.22. The van der Waals surface area contributed by atoms with Gasteiger partial charge in [-0.3, -0.25) is 9.69 Å². The van der Waals surface area contributed by atoms with Crippen molar-refractivity contribution in [3.8, 4) is 0 Å². The van der Waals surface area contributed by atoms with E-state index >= 15 is 0 Å². The Morgan fingerprint density at radius 3 is 2.32 bits per heavy atom. The fourth-order valence-electron chi connectivity index (χ4n) is 3.98. The predicted molar refractivity (Wildman–Crippen MR) is 100 cm³/mol. The molecule has 1 amide bonds. The number of carbonyl (C=O) groups is 1. The first kappa shape index (κ1) is 18.4. The number of hydrogen-bond acceptors (Lipinski definition) is 3. The van der Waals surface area contributed by atoms with Gasteiger partial charge in [-0.1, -0.05) is 24.3 Å². The van der Waals surface area contributed by atoms with Crippen molar-refractivity contribution >= 4 is 5.91 Å². The van der Waals surface area contributed by atoms with Crippen molar-refractivity contribution in [2.45, 2.75) is 45.6 Å². The molecule has 0 bridgehead atoms. The lowest BCUT2D eigenvalue weighted by molar-refractivity contribution is -0.137. The predicted octanol–water partition coefficient (Wildman–Crippen LogP) is 3.10. The van der Waals surface area contributed by atoms with Crippen LogP contribution in [-0.4, -0.2) is 55.1 Å². The van der Waals surface area contributed by atoms with Gasteiger partial charge < -0.3 is 9.64 Å². The van der Waals surface area contributed by atoms with E-state index in [1.807, 2.05) is 11.8 Å². The average Bonchev–Trinajstić information content (AvgIpc) is 3.15. The van der Waals surface area contributed by atoms with Crippen molar-refractivity contribution in [3.05, 3.63) is 35.4 Å². The molecule has 4 heteroatoms. The van der Waals surface area contributed by atoms with E-state index in [0.717, 1.165) is 38.9 Å². The van der Waals surface area contributed by atoms with Gasteiger partial charge in [0.2, 0.25) is 5.91 Å². The Kier molecular flexibility index (Phi) is 6.88. The quantitative estimate of drug-likeness (QED) is 0.762. The molecule has 0 N–H and O–H groups in total. The molecule has 1 aromatic rings. The summed E-state index contributed by atoms with van der Waals surface area (Å²) in [5.41, 5.74) is 2.87. The Morgan fingerprint density at radius 2 is 1.68 bits per heavy atom. The molecule has 2 aliphatic heterocycles. The third-order valence-electron chi connectivity index (χ3n) is 5.55. The highest BCUT2D eigenvalue weighted by Crippen LogP contribution is 2.22. The van der Waals surface area contributed by atoms with E-state index in [9.17, 15) is 4.79 Å². The van der Waals surface area contributed by atoms with Gasteiger partial charge in [0, 0.05) is 26.2 Å². The van der Waals surface area contributed by atoms with Crippen LogP contribution in [0.3, 0.4) is 0 Å². The van der Waals surface area contributed by atoms with E-state index in [1.165, 1.54) is 37.1 Å². The number of hydrogen-bond donors (Lipinski definition) is 0.